The average molecular weight is 209 g/mol. The molecule has 5 heteroatoms. The van der Waals surface area contributed by atoms with Crippen molar-refractivity contribution in [3.05, 3.63) is 0 Å². The molecule has 0 radical (unpaired) electrons. The summed E-state index contributed by atoms with van der Waals surface area (Å²) in [7, 11) is 0. The fourth-order valence-corrected chi connectivity index (χ4v) is 3.13. The third-order valence-electron chi connectivity index (χ3n) is 4.16. The number of carbonyl (C=O) groups is 2. The first-order valence-electron chi connectivity index (χ1n) is 5.53. The second-order valence-electron chi connectivity index (χ2n) is 4.85. The van der Waals surface area contributed by atoms with E-state index in [0.717, 1.165) is 38.9 Å². The lowest BCUT2D eigenvalue weighted by atomic mass is 9.67. The van der Waals surface area contributed by atoms with Crippen LogP contribution in [0.4, 0.5) is 4.79 Å². The zero-order chi connectivity index (χ0) is 10.5. The zero-order valence-corrected chi connectivity index (χ0v) is 8.58. The molecule has 82 valence electrons. The fourth-order valence-electron chi connectivity index (χ4n) is 3.13. The van der Waals surface area contributed by atoms with Gasteiger partial charge in [-0.25, -0.2) is 4.79 Å². The number of fused-ring (bicyclic) bond motifs is 3. The number of piperidine rings is 3. The highest BCUT2D eigenvalue weighted by Crippen LogP contribution is 2.43. The Labute approximate surface area is 88.2 Å². The summed E-state index contributed by atoms with van der Waals surface area (Å²) in [6.45, 7) is 3.21. The van der Waals surface area contributed by atoms with E-state index in [4.69, 9.17) is 0 Å². The molecule has 3 amide bonds. The Morgan fingerprint density at radius 1 is 1.13 bits per heavy atom. The average Bonchev–Trinajstić information content (AvgIpc) is 2.61. The zero-order valence-electron chi connectivity index (χ0n) is 8.58. The largest absolute Gasteiger partial charge is 0.325 e. The molecule has 0 saturated carbocycles. The van der Waals surface area contributed by atoms with E-state index in [-0.39, 0.29) is 23.4 Å². The fraction of sp³-hybridized carbons (Fsp3) is 0.800. The van der Waals surface area contributed by atoms with Gasteiger partial charge >= 0.3 is 6.03 Å². The third kappa shape index (κ3) is 1.26. The summed E-state index contributed by atoms with van der Waals surface area (Å²) >= 11 is 0. The van der Waals surface area contributed by atoms with Crippen LogP contribution < -0.4 is 10.6 Å². The summed E-state index contributed by atoms with van der Waals surface area (Å²) in [4.78, 5) is 25.2. The molecule has 0 aliphatic carbocycles. The molecule has 2 bridgehead atoms. The highest BCUT2D eigenvalue weighted by atomic mass is 16.2. The number of amides is 3. The number of imide groups is 1. The number of hydrogen-bond donors (Lipinski definition) is 2. The van der Waals surface area contributed by atoms with Crippen molar-refractivity contribution in [2.24, 2.45) is 5.41 Å². The van der Waals surface area contributed by atoms with Crippen LogP contribution in [0.15, 0.2) is 0 Å². The second-order valence-corrected chi connectivity index (χ2v) is 4.85. The number of nitrogens with zero attached hydrogens (tertiary/aromatic N) is 1. The topological polar surface area (TPSA) is 61.4 Å². The quantitative estimate of drug-likeness (QED) is 0.582. The van der Waals surface area contributed by atoms with Gasteiger partial charge in [0.1, 0.15) is 6.04 Å². The molecule has 0 spiro atoms. The van der Waals surface area contributed by atoms with Gasteiger partial charge in [-0.3, -0.25) is 10.1 Å². The van der Waals surface area contributed by atoms with Crippen molar-refractivity contribution in [3.8, 4) is 0 Å². The Morgan fingerprint density at radius 3 is 2.20 bits per heavy atom. The number of carbonyl (C=O) groups excluding carboxylic acids is 2. The molecule has 4 aliphatic heterocycles. The number of rotatable bonds is 1. The van der Waals surface area contributed by atoms with E-state index in [1.165, 1.54) is 0 Å². The van der Waals surface area contributed by atoms with Crippen molar-refractivity contribution in [3.63, 3.8) is 0 Å². The lowest BCUT2D eigenvalue weighted by Gasteiger charge is -2.50. The van der Waals surface area contributed by atoms with Crippen LogP contribution in [0.1, 0.15) is 19.3 Å². The van der Waals surface area contributed by atoms with E-state index >= 15 is 0 Å². The highest BCUT2D eigenvalue weighted by molar-refractivity contribution is 6.04. The normalized spacial score (nSPS) is 44.0. The maximum atomic E-state index is 11.7. The summed E-state index contributed by atoms with van der Waals surface area (Å²) in [5.41, 5.74) is 0.0327. The van der Waals surface area contributed by atoms with Crippen LogP contribution in [0, 0.1) is 5.41 Å². The van der Waals surface area contributed by atoms with Crippen LogP contribution in [0.3, 0.4) is 0 Å². The van der Waals surface area contributed by atoms with E-state index in [1.807, 2.05) is 0 Å². The molecule has 5 nitrogen and oxygen atoms in total. The molecule has 4 fully saturated rings. The lowest BCUT2D eigenvalue weighted by Crippen LogP contribution is -2.57. The summed E-state index contributed by atoms with van der Waals surface area (Å²) < 4.78 is 0. The van der Waals surface area contributed by atoms with Gasteiger partial charge in [-0.2, -0.15) is 0 Å². The van der Waals surface area contributed by atoms with Gasteiger partial charge in [-0.1, -0.05) is 0 Å². The lowest BCUT2D eigenvalue weighted by molar-refractivity contribution is -0.125. The summed E-state index contributed by atoms with van der Waals surface area (Å²) in [6.07, 6.45) is 3.10. The number of urea groups is 1. The maximum absolute atomic E-state index is 11.7. The molecule has 4 rings (SSSR count). The van der Waals surface area contributed by atoms with E-state index in [1.54, 1.807) is 0 Å². The molecule has 0 aromatic carbocycles. The first-order valence-corrected chi connectivity index (χ1v) is 5.53. The minimum Gasteiger partial charge on any atom is -0.325 e. The number of nitrogens with one attached hydrogen (secondary N) is 2. The van der Waals surface area contributed by atoms with Gasteiger partial charge in [-0.05, 0) is 38.9 Å². The minimum atomic E-state index is -0.327. The van der Waals surface area contributed by atoms with Gasteiger partial charge < -0.3 is 10.2 Å². The van der Waals surface area contributed by atoms with Crippen molar-refractivity contribution in [1.82, 2.24) is 15.5 Å². The molecular formula is C10H15N3O2. The Bertz CT molecular complexity index is 307. The molecule has 15 heavy (non-hydrogen) atoms. The van der Waals surface area contributed by atoms with Crippen LogP contribution in [0.25, 0.3) is 0 Å². The molecule has 4 saturated heterocycles. The molecule has 1 atom stereocenters. The Hall–Kier alpha value is -1.10. The predicted molar refractivity (Wildman–Crippen MR) is 53.2 cm³/mol. The standard InChI is InChI=1S/C10H15N3O2/c14-8-7(11-9(15)12-8)10-1-4-13(5-2-10)6-3-10/h7H,1-6H2,(H2,11,12,14,15). The molecular weight excluding hydrogens is 194 g/mol. The van der Waals surface area contributed by atoms with Gasteiger partial charge in [0.05, 0.1) is 0 Å². The Kier molecular flexibility index (Phi) is 1.80. The van der Waals surface area contributed by atoms with Crippen molar-refractivity contribution in [1.29, 1.82) is 0 Å². The molecule has 0 aromatic rings. The molecule has 4 aliphatic rings. The van der Waals surface area contributed by atoms with Gasteiger partial charge in [0, 0.05) is 5.41 Å². The molecule has 2 N–H and O–H groups in total. The van der Waals surface area contributed by atoms with Gasteiger partial charge in [0.15, 0.2) is 0 Å². The molecule has 1 unspecified atom stereocenters. The Morgan fingerprint density at radius 2 is 1.73 bits per heavy atom. The summed E-state index contributed by atoms with van der Waals surface area (Å²) in [5, 5.41) is 5.11. The number of hydrogen-bond acceptors (Lipinski definition) is 3. The first kappa shape index (κ1) is 9.15. The summed E-state index contributed by atoms with van der Waals surface area (Å²) in [6, 6.07) is -0.611. The van der Waals surface area contributed by atoms with E-state index in [2.05, 4.69) is 15.5 Å². The van der Waals surface area contributed by atoms with Crippen molar-refractivity contribution in [2.75, 3.05) is 19.6 Å². The van der Waals surface area contributed by atoms with Crippen LogP contribution >= 0.6 is 0 Å². The van der Waals surface area contributed by atoms with Gasteiger partial charge in [0.25, 0.3) is 5.91 Å². The van der Waals surface area contributed by atoms with Crippen LogP contribution in [0.5, 0.6) is 0 Å². The van der Waals surface area contributed by atoms with E-state index in [0.29, 0.717) is 0 Å². The predicted octanol–water partition coefficient (Wildman–Crippen LogP) is -0.320. The highest BCUT2D eigenvalue weighted by Gasteiger charge is 2.51. The van der Waals surface area contributed by atoms with E-state index < -0.39 is 0 Å². The smallest absolute Gasteiger partial charge is 0.322 e. The third-order valence-corrected chi connectivity index (χ3v) is 4.16. The van der Waals surface area contributed by atoms with Crippen molar-refractivity contribution < 1.29 is 9.59 Å². The monoisotopic (exact) mass is 209 g/mol. The molecule has 4 heterocycles. The van der Waals surface area contributed by atoms with E-state index in [9.17, 15) is 9.59 Å². The van der Waals surface area contributed by atoms with Crippen LogP contribution in [0.2, 0.25) is 0 Å². The SMILES string of the molecule is O=C1NC(=O)C(C23CCN(CC2)CC3)N1. The van der Waals surface area contributed by atoms with Gasteiger partial charge in [-0.15, -0.1) is 0 Å². The van der Waals surface area contributed by atoms with Crippen LogP contribution in [-0.4, -0.2) is 42.5 Å². The van der Waals surface area contributed by atoms with Crippen LogP contribution in [-0.2, 0) is 4.79 Å². The maximum Gasteiger partial charge on any atom is 0.322 e. The minimum absolute atomic E-state index is 0.0327. The van der Waals surface area contributed by atoms with Gasteiger partial charge in [0.2, 0.25) is 0 Å². The first-order chi connectivity index (χ1) is 7.20. The van der Waals surface area contributed by atoms with Crippen molar-refractivity contribution >= 4 is 11.9 Å². The Balaban J connectivity index is 1.85. The molecule has 0 aromatic heterocycles. The van der Waals surface area contributed by atoms with Crippen molar-refractivity contribution in [2.45, 2.75) is 25.3 Å². The summed E-state index contributed by atoms with van der Waals surface area (Å²) in [5.74, 6) is -0.129. The second kappa shape index (κ2) is 2.95.